The van der Waals surface area contributed by atoms with Crippen molar-refractivity contribution in [3.8, 4) is 12.1 Å². The van der Waals surface area contributed by atoms with Gasteiger partial charge in [0, 0.05) is 47.4 Å². The topological polar surface area (TPSA) is 47.6 Å². The van der Waals surface area contributed by atoms with E-state index in [1.165, 1.54) is 40.0 Å². The standard InChI is InChI=1S/C16H18N2S9/c17-3-1-5-20-11-13-22-9-7-19-8-10-23-14-12(21-6-2-4-18)25-16(27-14)15(24-11)26-13/h11,13H,1-2,5-10H2. The number of nitrogens with zero attached hydrogens (tertiary/aromatic N) is 2. The van der Waals surface area contributed by atoms with Gasteiger partial charge in [0.2, 0.25) is 0 Å². The van der Waals surface area contributed by atoms with Crippen molar-refractivity contribution in [3.05, 3.63) is 16.9 Å². The molecule has 3 rings (SSSR count). The van der Waals surface area contributed by atoms with E-state index in [-0.39, 0.29) is 0 Å². The highest BCUT2D eigenvalue weighted by atomic mass is 32.3. The van der Waals surface area contributed by atoms with Gasteiger partial charge < -0.3 is 0 Å². The Morgan fingerprint density at radius 1 is 0.889 bits per heavy atom. The second kappa shape index (κ2) is 13.1. The maximum Gasteiger partial charge on any atom is 0.0769 e. The summed E-state index contributed by atoms with van der Waals surface area (Å²) in [7, 11) is 0. The molecule has 0 aromatic rings. The van der Waals surface area contributed by atoms with Crippen molar-refractivity contribution in [2.75, 3.05) is 34.5 Å². The molecule has 1 saturated heterocycles. The van der Waals surface area contributed by atoms with E-state index in [1.807, 2.05) is 82.3 Å². The number of hydrogen-bond donors (Lipinski definition) is 0. The molecule has 0 aromatic carbocycles. The highest BCUT2D eigenvalue weighted by molar-refractivity contribution is 8.43. The molecule has 3 aliphatic heterocycles. The van der Waals surface area contributed by atoms with Gasteiger partial charge in [0.05, 0.1) is 38.3 Å². The summed E-state index contributed by atoms with van der Waals surface area (Å²) in [6.07, 6.45) is 1.25. The van der Waals surface area contributed by atoms with Gasteiger partial charge in [-0.05, 0) is 0 Å². The van der Waals surface area contributed by atoms with Gasteiger partial charge >= 0.3 is 0 Å². The number of hydrogen-bond acceptors (Lipinski definition) is 11. The Morgan fingerprint density at radius 3 is 2.56 bits per heavy atom. The predicted octanol–water partition coefficient (Wildman–Crippen LogP) is 7.36. The third kappa shape index (κ3) is 7.36. The number of fused-ring (bicyclic) bond motifs is 4. The summed E-state index contributed by atoms with van der Waals surface area (Å²) < 4.78 is 6.87. The first kappa shape index (κ1) is 23.3. The number of rotatable bonds is 6. The Balaban J connectivity index is 1.72. The van der Waals surface area contributed by atoms with Crippen LogP contribution in [0.2, 0.25) is 0 Å². The summed E-state index contributed by atoms with van der Waals surface area (Å²) in [6, 6.07) is 4.53. The Morgan fingerprint density at radius 2 is 1.70 bits per heavy atom. The average Bonchev–Trinajstić information content (AvgIpc) is 3.26. The van der Waals surface area contributed by atoms with Crippen molar-refractivity contribution in [1.29, 1.82) is 10.5 Å². The van der Waals surface area contributed by atoms with E-state index < -0.39 is 0 Å². The molecule has 0 spiro atoms. The van der Waals surface area contributed by atoms with Crippen LogP contribution in [-0.4, -0.2) is 43.7 Å². The molecular weight excluding hydrogens is 509 g/mol. The molecule has 4 bridgehead atoms. The van der Waals surface area contributed by atoms with Gasteiger partial charge in [-0.2, -0.15) is 22.3 Å². The molecule has 0 radical (unpaired) electrons. The summed E-state index contributed by atoms with van der Waals surface area (Å²) in [6.45, 7) is 0. The van der Waals surface area contributed by atoms with E-state index in [0.29, 0.717) is 22.0 Å². The Hall–Kier alpha value is 1.61. The smallest absolute Gasteiger partial charge is 0.0769 e. The van der Waals surface area contributed by atoms with E-state index in [0.717, 1.165) is 11.5 Å². The molecule has 0 amide bonds. The quantitative estimate of drug-likeness (QED) is 0.326. The van der Waals surface area contributed by atoms with Crippen LogP contribution in [0.4, 0.5) is 0 Å². The van der Waals surface area contributed by atoms with Gasteiger partial charge in [0.15, 0.2) is 0 Å². The first-order valence-corrected chi connectivity index (χ1v) is 16.9. The van der Waals surface area contributed by atoms with Crippen LogP contribution in [0.5, 0.6) is 0 Å². The molecule has 27 heavy (non-hydrogen) atoms. The Bertz CT molecular complexity index is 664. The molecule has 0 saturated carbocycles. The zero-order valence-corrected chi connectivity index (χ0v) is 21.7. The lowest BCUT2D eigenvalue weighted by Gasteiger charge is -2.15. The normalized spacial score (nSPS) is 26.1. The fourth-order valence-corrected chi connectivity index (χ4v) is 16.5. The summed E-state index contributed by atoms with van der Waals surface area (Å²) in [4.78, 5) is 0. The van der Waals surface area contributed by atoms with Gasteiger partial charge in [-0.25, -0.2) is 0 Å². The van der Waals surface area contributed by atoms with Crippen molar-refractivity contribution in [2.24, 2.45) is 0 Å². The number of nitriles is 2. The van der Waals surface area contributed by atoms with E-state index in [9.17, 15) is 0 Å². The average molecular weight is 527 g/mol. The summed E-state index contributed by atoms with van der Waals surface area (Å²) in [5.74, 6) is 6.61. The molecule has 3 aliphatic rings. The highest BCUT2D eigenvalue weighted by Crippen LogP contribution is 2.65. The molecule has 2 nitrogen and oxygen atoms in total. The fourth-order valence-electron chi connectivity index (χ4n) is 2.13. The third-order valence-electron chi connectivity index (χ3n) is 3.29. The van der Waals surface area contributed by atoms with Crippen molar-refractivity contribution in [1.82, 2.24) is 0 Å². The van der Waals surface area contributed by atoms with Crippen molar-refractivity contribution < 1.29 is 0 Å². The van der Waals surface area contributed by atoms with E-state index in [2.05, 4.69) is 35.7 Å². The minimum Gasteiger partial charge on any atom is -0.198 e. The zero-order valence-electron chi connectivity index (χ0n) is 14.4. The van der Waals surface area contributed by atoms with Crippen molar-refractivity contribution in [2.45, 2.75) is 22.0 Å². The third-order valence-corrected chi connectivity index (χ3v) is 17.4. The summed E-state index contributed by atoms with van der Waals surface area (Å²) in [5, 5.41) is 17.7. The number of thioether (sulfide) groups is 9. The molecule has 0 aromatic heterocycles. The Labute approximate surface area is 200 Å². The van der Waals surface area contributed by atoms with Crippen molar-refractivity contribution >= 4 is 106 Å². The predicted molar refractivity (Wildman–Crippen MR) is 140 cm³/mol. The molecule has 1 fully saturated rings. The van der Waals surface area contributed by atoms with Crippen LogP contribution in [-0.2, 0) is 0 Å². The lowest BCUT2D eigenvalue weighted by atomic mass is 10.6. The lowest BCUT2D eigenvalue weighted by Crippen LogP contribution is -2.09. The van der Waals surface area contributed by atoms with Crippen LogP contribution < -0.4 is 0 Å². The van der Waals surface area contributed by atoms with Gasteiger partial charge in [-0.3, -0.25) is 0 Å². The second-order valence-corrected chi connectivity index (χ2v) is 17.1. The fraction of sp³-hybridized carbons (Fsp3) is 0.625. The largest absolute Gasteiger partial charge is 0.198 e. The SMILES string of the molecule is N#CCCSC1=C2SCCSCCSC3SC(=C(S1)S2)SC3SCCC#N. The van der Waals surface area contributed by atoms with Crippen LogP contribution in [0.25, 0.3) is 0 Å². The first-order chi connectivity index (χ1) is 13.3. The molecule has 3 heterocycles. The maximum absolute atomic E-state index is 8.86. The van der Waals surface area contributed by atoms with Gasteiger partial charge in [-0.1, -0.05) is 23.5 Å². The highest BCUT2D eigenvalue weighted by Gasteiger charge is 2.37. The molecule has 0 aliphatic carbocycles. The van der Waals surface area contributed by atoms with Crippen LogP contribution in [0.1, 0.15) is 12.8 Å². The van der Waals surface area contributed by atoms with Crippen molar-refractivity contribution in [3.63, 3.8) is 0 Å². The van der Waals surface area contributed by atoms with Gasteiger partial charge in [0.1, 0.15) is 0 Å². The maximum atomic E-state index is 8.86. The van der Waals surface area contributed by atoms with Gasteiger partial charge in [0.25, 0.3) is 0 Å². The van der Waals surface area contributed by atoms with Crippen LogP contribution in [0.15, 0.2) is 16.9 Å². The monoisotopic (exact) mass is 526 g/mol. The first-order valence-electron chi connectivity index (χ1n) is 8.30. The second-order valence-electron chi connectivity index (χ2n) is 5.19. The minimum atomic E-state index is 0.538. The molecular formula is C16H18N2S9. The summed E-state index contributed by atoms with van der Waals surface area (Å²) >= 11 is 17.9. The zero-order chi connectivity index (χ0) is 18.9. The lowest BCUT2D eigenvalue weighted by molar-refractivity contribution is 1.23. The molecule has 2 unspecified atom stereocenters. The Kier molecular flexibility index (Phi) is 11.3. The van der Waals surface area contributed by atoms with Crippen LogP contribution in [0.3, 0.4) is 0 Å². The molecule has 11 heteroatoms. The summed E-state index contributed by atoms with van der Waals surface area (Å²) in [5.41, 5.74) is 0. The van der Waals surface area contributed by atoms with E-state index in [4.69, 9.17) is 10.5 Å². The van der Waals surface area contributed by atoms with Gasteiger partial charge in [-0.15, -0.1) is 70.6 Å². The molecule has 0 N–H and O–H groups in total. The van der Waals surface area contributed by atoms with E-state index in [1.54, 1.807) is 0 Å². The van der Waals surface area contributed by atoms with Crippen LogP contribution in [0, 0.1) is 22.7 Å². The minimum absolute atomic E-state index is 0.538. The van der Waals surface area contributed by atoms with Crippen LogP contribution >= 0.6 is 106 Å². The molecule has 2 atom stereocenters. The molecule has 146 valence electrons. The van der Waals surface area contributed by atoms with E-state index >= 15 is 0 Å².